The summed E-state index contributed by atoms with van der Waals surface area (Å²) in [5.74, 6) is 2.12. The normalized spacial score (nSPS) is 13.6. The Morgan fingerprint density at radius 1 is 0.534 bits per heavy atom. The van der Waals surface area contributed by atoms with Crippen LogP contribution in [0.1, 0.15) is 105 Å². The van der Waals surface area contributed by atoms with Gasteiger partial charge in [-0.2, -0.15) is 6.07 Å². The van der Waals surface area contributed by atoms with Crippen molar-refractivity contribution in [3.63, 3.8) is 0 Å². The van der Waals surface area contributed by atoms with Crippen molar-refractivity contribution in [3.8, 4) is 17.3 Å². The molecular weight excluding hydrogens is 892 g/mol. The van der Waals surface area contributed by atoms with Gasteiger partial charge in [-0.15, -0.1) is 53.6 Å². The molecule has 0 unspecified atom stereocenters. The minimum atomic E-state index is -0.148. The first-order valence-electron chi connectivity index (χ1n) is 20.1. The Balaban J connectivity index is 0.00000512. The molecule has 0 amide bonds. The standard InChI is InChI=1S/C52H55N4O.Pt/c1-49(2,3)34-16-15-17-38(26-34)54-33-55(45-23-20-35(29-47(45)54)50(4,5)6)39-27-37(52(10,11)12)28-41(31-39)57-40-21-22-43-42-18-13-14-19-44(42)56(46(43)32-40)48-30-36(24-25-53-48)51(7,8)9;/h13-30,33H,1-12H3;/q-3;. The van der Waals surface area contributed by atoms with Crippen LogP contribution in [0.15, 0.2) is 109 Å². The Labute approximate surface area is 360 Å². The number of aromatic nitrogens is 2. The number of nitrogens with zero attached hydrogens (tertiary/aromatic N) is 4. The van der Waals surface area contributed by atoms with Crippen molar-refractivity contribution in [3.05, 3.63) is 150 Å². The Bertz CT molecular complexity index is 2640. The third-order valence-electron chi connectivity index (χ3n) is 11.2. The summed E-state index contributed by atoms with van der Waals surface area (Å²) in [6, 6.07) is 44.4. The molecule has 1 aliphatic rings. The van der Waals surface area contributed by atoms with Crippen LogP contribution in [0.4, 0.5) is 22.7 Å². The molecule has 0 saturated heterocycles. The molecule has 1 aliphatic heterocycles. The molecule has 0 saturated carbocycles. The van der Waals surface area contributed by atoms with Crippen LogP contribution in [0.3, 0.4) is 0 Å². The largest absolute Gasteiger partial charge is 0.509 e. The maximum atomic E-state index is 6.80. The van der Waals surface area contributed by atoms with E-state index in [4.69, 9.17) is 9.72 Å². The van der Waals surface area contributed by atoms with E-state index in [9.17, 15) is 0 Å². The van der Waals surface area contributed by atoms with Gasteiger partial charge in [0.25, 0.3) is 0 Å². The number of anilines is 4. The van der Waals surface area contributed by atoms with Crippen LogP contribution in [0.25, 0.3) is 27.6 Å². The van der Waals surface area contributed by atoms with Crippen molar-refractivity contribution in [2.24, 2.45) is 0 Å². The zero-order valence-corrected chi connectivity index (χ0v) is 38.3. The van der Waals surface area contributed by atoms with Crippen LogP contribution in [0, 0.1) is 18.8 Å². The van der Waals surface area contributed by atoms with E-state index in [-0.39, 0.29) is 42.7 Å². The summed E-state index contributed by atoms with van der Waals surface area (Å²) in [6.07, 6.45) is 1.91. The van der Waals surface area contributed by atoms with Gasteiger partial charge in [0.2, 0.25) is 0 Å². The summed E-state index contributed by atoms with van der Waals surface area (Å²) in [5, 5.41) is 2.25. The number of rotatable bonds is 5. The van der Waals surface area contributed by atoms with Crippen molar-refractivity contribution in [2.45, 2.75) is 105 Å². The Morgan fingerprint density at radius 2 is 1.21 bits per heavy atom. The van der Waals surface area contributed by atoms with E-state index in [0.29, 0.717) is 11.5 Å². The van der Waals surface area contributed by atoms with Gasteiger partial charge >= 0.3 is 0 Å². The van der Waals surface area contributed by atoms with Gasteiger partial charge in [-0.05, 0) is 86.2 Å². The molecule has 0 fully saturated rings. The summed E-state index contributed by atoms with van der Waals surface area (Å²) < 4.78 is 9.01. The average molecular weight is 947 g/mol. The topological polar surface area (TPSA) is 33.5 Å². The van der Waals surface area contributed by atoms with E-state index in [1.165, 1.54) is 16.7 Å². The number of benzene rings is 5. The molecule has 2 aromatic heterocycles. The van der Waals surface area contributed by atoms with Crippen molar-refractivity contribution in [2.75, 3.05) is 9.80 Å². The Morgan fingerprint density at radius 3 is 1.91 bits per heavy atom. The third kappa shape index (κ3) is 7.83. The van der Waals surface area contributed by atoms with Gasteiger partial charge in [-0.25, -0.2) is 4.98 Å². The van der Waals surface area contributed by atoms with Crippen LogP contribution < -0.4 is 14.5 Å². The minimum absolute atomic E-state index is 0. The van der Waals surface area contributed by atoms with Gasteiger partial charge < -0.3 is 19.1 Å². The van der Waals surface area contributed by atoms with E-state index in [0.717, 1.165) is 55.9 Å². The van der Waals surface area contributed by atoms with Gasteiger partial charge in [0, 0.05) is 61.3 Å². The summed E-state index contributed by atoms with van der Waals surface area (Å²) in [6.45, 7) is 29.2. The summed E-state index contributed by atoms with van der Waals surface area (Å²) in [7, 11) is 0. The van der Waals surface area contributed by atoms with Crippen LogP contribution in [-0.4, -0.2) is 9.55 Å². The van der Waals surface area contributed by atoms with Gasteiger partial charge in [-0.1, -0.05) is 125 Å². The smallest absolute Gasteiger partial charge is 0.135 e. The second-order valence-corrected chi connectivity index (χ2v) is 19.7. The van der Waals surface area contributed by atoms with Gasteiger partial charge in [-0.3, -0.25) is 0 Å². The molecule has 0 spiro atoms. The Kier molecular flexibility index (Phi) is 10.5. The molecule has 0 N–H and O–H groups in total. The van der Waals surface area contributed by atoms with Crippen molar-refractivity contribution < 1.29 is 25.8 Å². The molecule has 0 bridgehead atoms. The quantitative estimate of drug-likeness (QED) is 0.161. The van der Waals surface area contributed by atoms with Crippen LogP contribution in [0.5, 0.6) is 11.5 Å². The summed E-state index contributed by atoms with van der Waals surface area (Å²) in [4.78, 5) is 9.45. The molecule has 5 nitrogen and oxygen atoms in total. The Hall–Kier alpha value is -4.86. The first-order valence-corrected chi connectivity index (χ1v) is 20.1. The van der Waals surface area contributed by atoms with Gasteiger partial charge in [0.1, 0.15) is 5.82 Å². The second-order valence-electron chi connectivity index (χ2n) is 19.7. The molecule has 8 rings (SSSR count). The predicted molar refractivity (Wildman–Crippen MR) is 239 cm³/mol. The molecule has 6 heteroatoms. The summed E-state index contributed by atoms with van der Waals surface area (Å²) in [5.41, 5.74) is 11.1. The molecule has 302 valence electrons. The van der Waals surface area contributed by atoms with E-state index < -0.39 is 0 Å². The maximum Gasteiger partial charge on any atom is 0.135 e. The third-order valence-corrected chi connectivity index (χ3v) is 11.2. The number of ether oxygens (including phenoxy) is 1. The van der Waals surface area contributed by atoms with E-state index >= 15 is 0 Å². The molecule has 7 aromatic rings. The first kappa shape index (κ1) is 41.3. The average Bonchev–Trinajstić information content (AvgIpc) is 3.69. The van der Waals surface area contributed by atoms with Gasteiger partial charge in [0.05, 0.1) is 0 Å². The van der Waals surface area contributed by atoms with E-state index in [1.54, 1.807) is 0 Å². The van der Waals surface area contributed by atoms with Crippen LogP contribution in [0.2, 0.25) is 0 Å². The van der Waals surface area contributed by atoms with Crippen molar-refractivity contribution in [1.29, 1.82) is 0 Å². The molecule has 5 aromatic carbocycles. The SMILES string of the molecule is CC(C)(C)c1cc(Oc2[c-]c3c(cc2)c2ccccc2n3-c2cc(C(C)(C)C)ccn2)[c-]c(N2[CH-]N(c3cccc(C(C)(C)C)c3)c3cc(C(C)(C)C)ccc32)c1.[Pt]. The number of hydrogen-bond donors (Lipinski definition) is 0. The predicted octanol–water partition coefficient (Wildman–Crippen LogP) is 14.2. The first-order chi connectivity index (χ1) is 26.8. The second kappa shape index (κ2) is 14.8. The number of fused-ring (bicyclic) bond motifs is 4. The minimum Gasteiger partial charge on any atom is -0.509 e. The number of para-hydroxylation sites is 1. The van der Waals surface area contributed by atoms with Crippen LogP contribution >= 0.6 is 0 Å². The maximum absolute atomic E-state index is 6.80. The molecule has 0 aliphatic carbocycles. The fourth-order valence-electron chi connectivity index (χ4n) is 7.59. The van der Waals surface area contributed by atoms with E-state index in [2.05, 4.69) is 213 Å². The van der Waals surface area contributed by atoms with Crippen LogP contribution in [-0.2, 0) is 42.7 Å². The zero-order valence-electron chi connectivity index (χ0n) is 36.0. The molecule has 3 heterocycles. The molecular formula is C52H55N4OPt-3. The summed E-state index contributed by atoms with van der Waals surface area (Å²) >= 11 is 0. The number of pyridine rings is 1. The molecule has 0 atom stereocenters. The zero-order chi connectivity index (χ0) is 40.7. The van der Waals surface area contributed by atoms with Crippen molar-refractivity contribution >= 4 is 44.6 Å². The molecule has 58 heavy (non-hydrogen) atoms. The van der Waals surface area contributed by atoms with E-state index in [1.807, 2.05) is 12.3 Å². The van der Waals surface area contributed by atoms with Gasteiger partial charge in [0.15, 0.2) is 0 Å². The number of hydrogen-bond acceptors (Lipinski definition) is 4. The monoisotopic (exact) mass is 946 g/mol. The fraction of sp³-hybridized carbons (Fsp3) is 0.308. The van der Waals surface area contributed by atoms with Crippen molar-refractivity contribution in [1.82, 2.24) is 9.55 Å². The fourth-order valence-corrected chi connectivity index (χ4v) is 7.59. The molecule has 0 radical (unpaired) electrons.